The van der Waals surface area contributed by atoms with Crippen molar-refractivity contribution >= 4 is 22.9 Å². The Morgan fingerprint density at radius 2 is 2.28 bits per heavy atom. The smallest absolute Gasteiger partial charge is 0.122 e. The Hall–Kier alpha value is -1.20. The van der Waals surface area contributed by atoms with Gasteiger partial charge in [-0.25, -0.2) is 0 Å². The molecule has 98 valence electrons. The van der Waals surface area contributed by atoms with E-state index in [1.165, 1.54) is 12.8 Å². The second-order valence-corrected chi connectivity index (χ2v) is 5.09. The summed E-state index contributed by atoms with van der Waals surface area (Å²) in [6.45, 7) is 2.96. The molecule has 1 aromatic rings. The van der Waals surface area contributed by atoms with E-state index in [4.69, 9.17) is 22.7 Å². The number of hydrogen-bond donors (Lipinski definition) is 1. The van der Waals surface area contributed by atoms with Crippen LogP contribution in [-0.2, 0) is 4.74 Å². The van der Waals surface area contributed by atoms with Crippen molar-refractivity contribution in [2.75, 3.05) is 31.7 Å². The zero-order chi connectivity index (χ0) is 13.0. The van der Waals surface area contributed by atoms with Crippen LogP contribution < -0.4 is 10.6 Å². The van der Waals surface area contributed by atoms with Crippen LogP contribution in [0.5, 0.6) is 0 Å². The quantitative estimate of drug-likeness (QED) is 0.838. The van der Waals surface area contributed by atoms with E-state index in [9.17, 15) is 0 Å². The first-order valence-corrected chi connectivity index (χ1v) is 6.61. The van der Waals surface area contributed by atoms with Gasteiger partial charge in [0.15, 0.2) is 0 Å². The Balaban J connectivity index is 2.01. The third kappa shape index (κ3) is 3.17. The normalized spacial score (nSPS) is 16.8. The second kappa shape index (κ2) is 6.11. The first-order valence-electron chi connectivity index (χ1n) is 6.20. The van der Waals surface area contributed by atoms with Gasteiger partial charge in [0.2, 0.25) is 0 Å². The molecule has 0 aliphatic carbocycles. The molecule has 1 fully saturated rings. The highest BCUT2D eigenvalue weighted by Gasteiger charge is 2.19. The zero-order valence-corrected chi connectivity index (χ0v) is 11.4. The first kappa shape index (κ1) is 13.2. The molecule has 2 N–H and O–H groups in total. The number of piperidine rings is 1. The summed E-state index contributed by atoms with van der Waals surface area (Å²) >= 11 is 4.96. The number of nitrogens with two attached hydrogens (primary N) is 1. The average Bonchev–Trinajstić information content (AvgIpc) is 2.40. The lowest BCUT2D eigenvalue weighted by Crippen LogP contribution is -2.35. The van der Waals surface area contributed by atoms with Crippen LogP contribution in [0.4, 0.5) is 5.69 Å². The van der Waals surface area contributed by atoms with Gasteiger partial charge in [-0.3, -0.25) is 4.98 Å². The summed E-state index contributed by atoms with van der Waals surface area (Å²) in [5, 5.41) is 0. The maximum absolute atomic E-state index is 5.61. The lowest BCUT2D eigenvalue weighted by atomic mass is 9.97. The first-order chi connectivity index (χ1) is 8.70. The Kier molecular flexibility index (Phi) is 4.49. The predicted octanol–water partition coefficient (Wildman–Crippen LogP) is 1.58. The van der Waals surface area contributed by atoms with Gasteiger partial charge in [-0.15, -0.1) is 0 Å². The SMILES string of the molecule is COCC1CCN(c2ccnc(C(N)=S)c2)CC1. The molecule has 0 atom stereocenters. The third-order valence-corrected chi connectivity index (χ3v) is 3.59. The summed E-state index contributed by atoms with van der Waals surface area (Å²) in [7, 11) is 1.77. The van der Waals surface area contributed by atoms with Crippen molar-refractivity contribution in [1.29, 1.82) is 0 Å². The number of pyridine rings is 1. The molecule has 0 spiro atoms. The molecule has 0 saturated carbocycles. The molecule has 4 nitrogen and oxygen atoms in total. The fourth-order valence-electron chi connectivity index (χ4n) is 2.34. The van der Waals surface area contributed by atoms with Gasteiger partial charge in [-0.2, -0.15) is 0 Å². The van der Waals surface area contributed by atoms with Crippen LogP contribution in [0.15, 0.2) is 18.3 Å². The molecule has 0 amide bonds. The average molecular weight is 265 g/mol. The Labute approximate surface area is 113 Å². The maximum atomic E-state index is 5.61. The number of rotatable bonds is 4. The molecule has 0 bridgehead atoms. The largest absolute Gasteiger partial charge is 0.388 e. The Morgan fingerprint density at radius 3 is 2.89 bits per heavy atom. The van der Waals surface area contributed by atoms with Crippen molar-refractivity contribution in [3.63, 3.8) is 0 Å². The number of nitrogens with zero attached hydrogens (tertiary/aromatic N) is 2. The number of anilines is 1. The maximum Gasteiger partial charge on any atom is 0.122 e. The summed E-state index contributed by atoms with van der Waals surface area (Å²) in [4.78, 5) is 6.87. The third-order valence-electron chi connectivity index (χ3n) is 3.38. The number of methoxy groups -OCH3 is 1. The minimum Gasteiger partial charge on any atom is -0.388 e. The molecule has 0 unspecified atom stereocenters. The van der Waals surface area contributed by atoms with Crippen molar-refractivity contribution in [3.8, 4) is 0 Å². The molecule has 1 saturated heterocycles. The summed E-state index contributed by atoms with van der Waals surface area (Å²) in [5.41, 5.74) is 7.46. The van der Waals surface area contributed by atoms with Crippen molar-refractivity contribution in [3.05, 3.63) is 24.0 Å². The van der Waals surface area contributed by atoms with Crippen LogP contribution in [0.1, 0.15) is 18.5 Å². The molecule has 2 rings (SSSR count). The highest BCUT2D eigenvalue weighted by Crippen LogP contribution is 2.23. The van der Waals surface area contributed by atoms with Crippen LogP contribution >= 0.6 is 12.2 Å². The van der Waals surface area contributed by atoms with Crippen molar-refractivity contribution in [1.82, 2.24) is 4.98 Å². The fourth-order valence-corrected chi connectivity index (χ4v) is 2.46. The molecule has 5 heteroatoms. The van der Waals surface area contributed by atoms with Gasteiger partial charge in [-0.1, -0.05) is 12.2 Å². The van der Waals surface area contributed by atoms with Crippen molar-refractivity contribution in [2.45, 2.75) is 12.8 Å². The predicted molar refractivity (Wildman–Crippen MR) is 76.9 cm³/mol. The van der Waals surface area contributed by atoms with E-state index in [0.717, 1.165) is 25.4 Å². The van der Waals surface area contributed by atoms with Gasteiger partial charge in [0, 0.05) is 38.7 Å². The van der Waals surface area contributed by atoms with Crippen LogP contribution in [0, 0.1) is 5.92 Å². The van der Waals surface area contributed by atoms with Crippen LogP contribution in [0.3, 0.4) is 0 Å². The molecular weight excluding hydrogens is 246 g/mol. The van der Waals surface area contributed by atoms with Gasteiger partial charge >= 0.3 is 0 Å². The molecule has 18 heavy (non-hydrogen) atoms. The number of thiocarbonyl (C=S) groups is 1. The molecule has 0 radical (unpaired) electrons. The number of hydrogen-bond acceptors (Lipinski definition) is 4. The second-order valence-electron chi connectivity index (χ2n) is 4.65. The summed E-state index contributed by atoms with van der Waals surface area (Å²) in [6.07, 6.45) is 4.10. The summed E-state index contributed by atoms with van der Waals surface area (Å²) < 4.78 is 5.21. The van der Waals surface area contributed by atoms with E-state index in [1.807, 2.05) is 12.1 Å². The molecule has 1 aliphatic heterocycles. The standard InChI is InChI=1S/C13H19N3OS/c1-17-9-10-3-6-16(7-4-10)11-2-5-15-12(8-11)13(14)18/h2,5,8,10H,3-4,6-7,9H2,1H3,(H2,14,18). The molecule has 1 aromatic heterocycles. The monoisotopic (exact) mass is 265 g/mol. The van der Waals surface area contributed by atoms with Gasteiger partial charge in [0.05, 0.1) is 5.69 Å². The molecule has 0 aromatic carbocycles. The van der Waals surface area contributed by atoms with Gasteiger partial charge in [0.1, 0.15) is 4.99 Å². The van der Waals surface area contributed by atoms with Gasteiger partial charge in [0.25, 0.3) is 0 Å². The number of aromatic nitrogens is 1. The van der Waals surface area contributed by atoms with Crippen LogP contribution in [-0.4, -0.2) is 36.8 Å². The number of ether oxygens (including phenoxy) is 1. The Bertz CT molecular complexity index is 416. The van der Waals surface area contributed by atoms with Crippen LogP contribution in [0.25, 0.3) is 0 Å². The minimum atomic E-state index is 0.353. The van der Waals surface area contributed by atoms with E-state index in [2.05, 4.69) is 9.88 Å². The Morgan fingerprint density at radius 1 is 1.56 bits per heavy atom. The van der Waals surface area contributed by atoms with E-state index in [1.54, 1.807) is 13.3 Å². The van der Waals surface area contributed by atoms with E-state index < -0.39 is 0 Å². The lowest BCUT2D eigenvalue weighted by molar-refractivity contribution is 0.139. The minimum absolute atomic E-state index is 0.353. The van der Waals surface area contributed by atoms with E-state index in [-0.39, 0.29) is 0 Å². The van der Waals surface area contributed by atoms with E-state index in [0.29, 0.717) is 16.6 Å². The van der Waals surface area contributed by atoms with Crippen molar-refractivity contribution < 1.29 is 4.74 Å². The van der Waals surface area contributed by atoms with Crippen molar-refractivity contribution in [2.24, 2.45) is 11.7 Å². The van der Waals surface area contributed by atoms with Gasteiger partial charge in [-0.05, 0) is 30.9 Å². The topological polar surface area (TPSA) is 51.4 Å². The fraction of sp³-hybridized carbons (Fsp3) is 0.538. The van der Waals surface area contributed by atoms with Gasteiger partial charge < -0.3 is 15.4 Å². The molecular formula is C13H19N3OS. The molecule has 2 heterocycles. The lowest BCUT2D eigenvalue weighted by Gasteiger charge is -2.33. The summed E-state index contributed by atoms with van der Waals surface area (Å²) in [6, 6.07) is 3.98. The highest BCUT2D eigenvalue weighted by atomic mass is 32.1. The highest BCUT2D eigenvalue weighted by molar-refractivity contribution is 7.80. The van der Waals surface area contributed by atoms with Crippen LogP contribution in [0.2, 0.25) is 0 Å². The zero-order valence-electron chi connectivity index (χ0n) is 10.6. The van der Waals surface area contributed by atoms with E-state index >= 15 is 0 Å². The molecule has 1 aliphatic rings. The summed E-state index contributed by atoms with van der Waals surface area (Å²) in [5.74, 6) is 0.683.